The van der Waals surface area contributed by atoms with E-state index in [0.717, 1.165) is 9.87 Å². The fourth-order valence-corrected chi connectivity index (χ4v) is 4.82. The van der Waals surface area contributed by atoms with Crippen molar-refractivity contribution >= 4 is 37.5 Å². The lowest BCUT2D eigenvalue weighted by Gasteiger charge is -2.38. The van der Waals surface area contributed by atoms with Gasteiger partial charge >= 0.3 is 10.2 Å². The summed E-state index contributed by atoms with van der Waals surface area (Å²) in [5.74, 6) is -0.552. The van der Waals surface area contributed by atoms with E-state index < -0.39 is 16.0 Å². The number of anilines is 2. The molecule has 0 aromatic heterocycles. The van der Waals surface area contributed by atoms with Crippen LogP contribution in [0.5, 0.6) is 0 Å². The van der Waals surface area contributed by atoms with Crippen LogP contribution in [0.3, 0.4) is 0 Å². The molecule has 0 N–H and O–H groups in total. The molecule has 1 heterocycles. The summed E-state index contributed by atoms with van der Waals surface area (Å²) in [5.41, 5.74) is 1.56. The van der Waals surface area contributed by atoms with Gasteiger partial charge in [0.05, 0.1) is 17.9 Å². The molecule has 1 aliphatic rings. The van der Waals surface area contributed by atoms with E-state index in [1.54, 1.807) is 24.3 Å². The Morgan fingerprint density at radius 3 is 2.36 bits per heavy atom. The van der Waals surface area contributed by atoms with E-state index >= 15 is 0 Å². The minimum atomic E-state index is -3.82. The quantitative estimate of drug-likeness (QED) is 0.761. The maximum Gasteiger partial charge on any atom is 0.326 e. The van der Waals surface area contributed by atoms with Crippen molar-refractivity contribution in [2.24, 2.45) is 0 Å². The molecule has 0 spiro atoms. The van der Waals surface area contributed by atoms with Crippen LogP contribution >= 0.6 is 15.9 Å². The fraction of sp³-hybridized carbons (Fsp3) is 0.200. The molecule has 0 bridgehead atoms. The van der Waals surface area contributed by atoms with Gasteiger partial charge in [0.2, 0.25) is 0 Å². The average molecular weight is 385 g/mol. The van der Waals surface area contributed by atoms with Gasteiger partial charge in [-0.2, -0.15) is 8.42 Å². The van der Waals surface area contributed by atoms with Crippen molar-refractivity contribution in [3.63, 3.8) is 0 Å². The molecule has 0 fully saturated rings. The normalized spacial score (nSPS) is 16.5. The number of rotatable bonds is 3. The van der Waals surface area contributed by atoms with Gasteiger partial charge in [-0.3, -0.25) is 4.31 Å². The van der Waals surface area contributed by atoms with Crippen molar-refractivity contribution in [2.45, 2.75) is 6.54 Å². The lowest BCUT2D eigenvalue weighted by Crippen LogP contribution is -2.48. The first kappa shape index (κ1) is 15.3. The number of hydrogen-bond acceptors (Lipinski definition) is 2. The predicted octanol–water partition coefficient (Wildman–Crippen LogP) is 3.29. The van der Waals surface area contributed by atoms with Gasteiger partial charge in [0.15, 0.2) is 0 Å². The van der Waals surface area contributed by atoms with E-state index in [2.05, 4.69) is 15.9 Å². The molecule has 2 aromatic rings. The summed E-state index contributed by atoms with van der Waals surface area (Å²) in [6.07, 6.45) is 0. The highest BCUT2D eigenvalue weighted by atomic mass is 79.9. The van der Waals surface area contributed by atoms with E-state index in [9.17, 15) is 12.8 Å². The molecule has 7 heteroatoms. The van der Waals surface area contributed by atoms with Crippen LogP contribution in [0.15, 0.2) is 48.5 Å². The van der Waals surface area contributed by atoms with Crippen LogP contribution in [-0.2, 0) is 16.8 Å². The smallest absolute Gasteiger partial charge is 0.252 e. The molecule has 0 radical (unpaired) electrons. The zero-order valence-corrected chi connectivity index (χ0v) is 14.0. The van der Waals surface area contributed by atoms with Gasteiger partial charge in [0.1, 0.15) is 5.82 Å². The molecule has 0 unspecified atom stereocenters. The van der Waals surface area contributed by atoms with Crippen LogP contribution in [0.2, 0.25) is 0 Å². The molecule has 0 saturated carbocycles. The number of para-hydroxylation sites is 2. The molecule has 0 aliphatic carbocycles. The SMILES string of the molecule is O=S1(=O)N(c2ccccc2F)Cc2ccccc2N1CCBr. The third-order valence-corrected chi connectivity index (χ3v) is 5.71. The summed E-state index contributed by atoms with van der Waals surface area (Å²) >= 11 is 3.28. The Morgan fingerprint density at radius 2 is 1.68 bits per heavy atom. The van der Waals surface area contributed by atoms with Crippen molar-refractivity contribution < 1.29 is 12.8 Å². The van der Waals surface area contributed by atoms with Crippen molar-refractivity contribution in [3.8, 4) is 0 Å². The first-order chi connectivity index (χ1) is 10.6. The van der Waals surface area contributed by atoms with Gasteiger partial charge in [-0.05, 0) is 23.8 Å². The number of alkyl halides is 1. The topological polar surface area (TPSA) is 40.6 Å². The lowest BCUT2D eigenvalue weighted by molar-refractivity contribution is 0.577. The fourth-order valence-electron chi connectivity index (χ4n) is 2.54. The summed E-state index contributed by atoms with van der Waals surface area (Å²) in [6, 6.07) is 13.2. The predicted molar refractivity (Wildman–Crippen MR) is 89.1 cm³/mol. The first-order valence-corrected chi connectivity index (χ1v) is 9.26. The Bertz CT molecular complexity index is 798. The Balaban J connectivity index is 2.16. The Hall–Kier alpha value is -1.60. The molecule has 1 aliphatic heterocycles. The van der Waals surface area contributed by atoms with Crippen LogP contribution in [0.25, 0.3) is 0 Å². The molecule has 116 valence electrons. The maximum absolute atomic E-state index is 14.1. The Kier molecular flexibility index (Phi) is 4.10. The largest absolute Gasteiger partial charge is 0.326 e. The third kappa shape index (κ3) is 2.48. The minimum Gasteiger partial charge on any atom is -0.252 e. The molecule has 2 aromatic carbocycles. The van der Waals surface area contributed by atoms with E-state index in [1.165, 1.54) is 16.4 Å². The molecule has 3 rings (SSSR count). The molecular weight excluding hydrogens is 371 g/mol. The highest BCUT2D eigenvalue weighted by Crippen LogP contribution is 2.36. The molecule has 22 heavy (non-hydrogen) atoms. The first-order valence-electron chi connectivity index (χ1n) is 6.74. The van der Waals surface area contributed by atoms with Gasteiger partial charge in [-0.25, -0.2) is 8.70 Å². The van der Waals surface area contributed by atoms with Crippen LogP contribution in [-0.4, -0.2) is 20.3 Å². The molecule has 0 atom stereocenters. The van der Waals surface area contributed by atoms with Crippen molar-refractivity contribution in [3.05, 3.63) is 59.9 Å². The molecule has 0 amide bonds. The van der Waals surface area contributed by atoms with Crippen LogP contribution in [0, 0.1) is 5.82 Å². The zero-order valence-electron chi connectivity index (χ0n) is 11.6. The van der Waals surface area contributed by atoms with E-state index in [0.29, 0.717) is 11.0 Å². The van der Waals surface area contributed by atoms with E-state index in [-0.39, 0.29) is 18.8 Å². The van der Waals surface area contributed by atoms with Gasteiger partial charge in [0.25, 0.3) is 0 Å². The van der Waals surface area contributed by atoms with Crippen molar-refractivity contribution in [2.75, 3.05) is 20.5 Å². The minimum absolute atomic E-state index is 0.0663. The summed E-state index contributed by atoms with van der Waals surface area (Å²) in [4.78, 5) is 0. The lowest BCUT2D eigenvalue weighted by atomic mass is 10.1. The van der Waals surface area contributed by atoms with E-state index in [4.69, 9.17) is 0 Å². The summed E-state index contributed by atoms with van der Waals surface area (Å²) < 4.78 is 42.3. The van der Waals surface area contributed by atoms with Crippen LogP contribution in [0.1, 0.15) is 5.56 Å². The van der Waals surface area contributed by atoms with Gasteiger partial charge in [-0.15, -0.1) is 0 Å². The number of halogens is 2. The second-order valence-corrected chi connectivity index (χ2v) is 7.43. The summed E-state index contributed by atoms with van der Waals surface area (Å²) in [6.45, 7) is 0.405. The van der Waals surface area contributed by atoms with Gasteiger partial charge in [-0.1, -0.05) is 46.3 Å². The number of benzene rings is 2. The van der Waals surface area contributed by atoms with Crippen molar-refractivity contribution in [1.29, 1.82) is 0 Å². The van der Waals surface area contributed by atoms with Gasteiger partial charge in [0, 0.05) is 11.9 Å². The second-order valence-electron chi connectivity index (χ2n) is 4.86. The second kappa shape index (κ2) is 5.89. The third-order valence-electron chi connectivity index (χ3n) is 3.54. The van der Waals surface area contributed by atoms with E-state index in [1.807, 2.05) is 12.1 Å². The molecule has 4 nitrogen and oxygen atoms in total. The Morgan fingerprint density at radius 1 is 1.05 bits per heavy atom. The van der Waals surface area contributed by atoms with Crippen LogP contribution in [0.4, 0.5) is 15.8 Å². The zero-order chi connectivity index (χ0) is 15.7. The number of hydrogen-bond donors (Lipinski definition) is 0. The van der Waals surface area contributed by atoms with Crippen molar-refractivity contribution in [1.82, 2.24) is 0 Å². The van der Waals surface area contributed by atoms with Crippen LogP contribution < -0.4 is 8.61 Å². The average Bonchev–Trinajstić information content (AvgIpc) is 2.51. The Labute approximate surface area is 137 Å². The molecular formula is C15H14BrFN2O2S. The monoisotopic (exact) mass is 384 g/mol. The van der Waals surface area contributed by atoms with Gasteiger partial charge < -0.3 is 0 Å². The highest BCUT2D eigenvalue weighted by molar-refractivity contribution is 9.09. The highest BCUT2D eigenvalue weighted by Gasteiger charge is 2.37. The molecule has 0 saturated heterocycles. The maximum atomic E-state index is 14.1. The number of nitrogens with zero attached hydrogens (tertiary/aromatic N) is 2. The summed E-state index contributed by atoms with van der Waals surface area (Å²) in [5, 5.41) is 0.492. The number of fused-ring (bicyclic) bond motifs is 1. The summed E-state index contributed by atoms with van der Waals surface area (Å²) in [7, 11) is -3.82. The standard InChI is InChI=1S/C15H14BrFN2O2S/c16-9-10-18-14-7-3-1-5-12(14)11-19(22(18,20)21)15-8-4-2-6-13(15)17/h1-8H,9-11H2.